The lowest BCUT2D eigenvalue weighted by molar-refractivity contribution is -0.121. The van der Waals surface area contributed by atoms with E-state index in [2.05, 4.69) is 15.8 Å². The Morgan fingerprint density at radius 2 is 2.08 bits per heavy atom. The molecule has 3 rings (SSSR count). The van der Waals surface area contributed by atoms with Crippen molar-refractivity contribution in [2.45, 2.75) is 26.3 Å². The maximum Gasteiger partial charge on any atom is 0.262 e. The first-order valence-corrected chi connectivity index (χ1v) is 8.21. The van der Waals surface area contributed by atoms with Crippen LogP contribution in [0.4, 0.5) is 5.69 Å². The van der Waals surface area contributed by atoms with Crippen LogP contribution >= 0.6 is 0 Å². The molecule has 2 aromatic carbocycles. The van der Waals surface area contributed by atoms with Gasteiger partial charge in [0.15, 0.2) is 11.5 Å². The van der Waals surface area contributed by atoms with Gasteiger partial charge in [-0.05, 0) is 54.8 Å². The van der Waals surface area contributed by atoms with Crippen LogP contribution in [-0.2, 0) is 4.79 Å². The number of aryl methyl sites for hydroxylation is 1. The van der Waals surface area contributed by atoms with Crippen molar-refractivity contribution in [3.63, 3.8) is 0 Å². The van der Waals surface area contributed by atoms with E-state index in [0.717, 1.165) is 22.6 Å². The van der Waals surface area contributed by atoms with Crippen LogP contribution < -0.4 is 20.2 Å². The summed E-state index contributed by atoms with van der Waals surface area (Å²) in [5, 5.41) is 7.26. The Kier molecular flexibility index (Phi) is 5.18. The molecule has 0 spiro atoms. The van der Waals surface area contributed by atoms with Crippen molar-refractivity contribution in [3.05, 3.63) is 53.6 Å². The summed E-state index contributed by atoms with van der Waals surface area (Å²) in [6.45, 7) is 4.20. The van der Waals surface area contributed by atoms with E-state index >= 15 is 0 Å². The smallest absolute Gasteiger partial charge is 0.262 e. The molecule has 1 amide bonds. The van der Waals surface area contributed by atoms with Crippen molar-refractivity contribution in [3.8, 4) is 11.5 Å². The van der Waals surface area contributed by atoms with Crippen molar-refractivity contribution in [2.24, 2.45) is 5.10 Å². The number of nitrogens with zero attached hydrogens (tertiary/aromatic N) is 1. The molecular weight excluding hydrogens is 318 g/mol. The molecule has 0 radical (unpaired) electrons. The minimum absolute atomic E-state index is 0.180. The third-order valence-electron chi connectivity index (χ3n) is 3.87. The molecule has 1 aliphatic rings. The van der Waals surface area contributed by atoms with Crippen molar-refractivity contribution < 1.29 is 14.3 Å². The highest BCUT2D eigenvalue weighted by atomic mass is 16.7. The number of rotatable bonds is 6. The van der Waals surface area contributed by atoms with E-state index < -0.39 is 0 Å². The lowest BCUT2D eigenvalue weighted by atomic mass is 10.1. The lowest BCUT2D eigenvalue weighted by Gasteiger charge is -2.16. The van der Waals surface area contributed by atoms with Gasteiger partial charge in [0.25, 0.3) is 5.91 Å². The van der Waals surface area contributed by atoms with E-state index in [1.54, 1.807) is 6.21 Å². The van der Waals surface area contributed by atoms with Gasteiger partial charge in [0.1, 0.15) is 6.04 Å². The number of nitrogens with one attached hydrogen (secondary N) is 2. The lowest BCUT2D eigenvalue weighted by Crippen LogP contribution is -2.36. The molecule has 1 aliphatic heterocycles. The molecule has 1 atom stereocenters. The third-order valence-corrected chi connectivity index (χ3v) is 3.87. The van der Waals surface area contributed by atoms with Crippen LogP contribution in [0.3, 0.4) is 0 Å². The minimum atomic E-state index is -0.351. The first kappa shape index (κ1) is 16.8. The first-order chi connectivity index (χ1) is 12.2. The number of ether oxygens (including phenoxy) is 2. The molecule has 0 fully saturated rings. The summed E-state index contributed by atoms with van der Waals surface area (Å²) in [5.41, 5.74) is 5.46. The average Bonchev–Trinajstić information content (AvgIpc) is 3.07. The molecule has 0 aromatic heterocycles. The molecule has 1 unspecified atom stereocenters. The molecule has 25 heavy (non-hydrogen) atoms. The molecular formula is C19H21N3O3. The Morgan fingerprint density at radius 3 is 2.88 bits per heavy atom. The van der Waals surface area contributed by atoms with Gasteiger partial charge in [0.05, 0.1) is 6.21 Å². The fourth-order valence-electron chi connectivity index (χ4n) is 2.53. The zero-order chi connectivity index (χ0) is 17.6. The van der Waals surface area contributed by atoms with Gasteiger partial charge in [-0.1, -0.05) is 19.1 Å². The molecule has 2 aromatic rings. The molecule has 2 N–H and O–H groups in total. The standard InChI is InChI=1S/C19H21N3O3/c1-3-16(21-15-6-4-5-13(2)9-15)19(23)22-20-11-14-7-8-17-18(10-14)25-12-24-17/h4-11,16,21H,3,12H2,1-2H3,(H,22,23). The second kappa shape index (κ2) is 7.70. The summed E-state index contributed by atoms with van der Waals surface area (Å²) in [6, 6.07) is 13.1. The highest BCUT2D eigenvalue weighted by molar-refractivity contribution is 5.87. The quantitative estimate of drug-likeness (QED) is 0.627. The van der Waals surface area contributed by atoms with Crippen LogP contribution in [0, 0.1) is 6.92 Å². The Bertz CT molecular complexity index is 789. The summed E-state index contributed by atoms with van der Waals surface area (Å²) in [4.78, 5) is 12.3. The van der Waals surface area contributed by atoms with E-state index in [-0.39, 0.29) is 18.7 Å². The van der Waals surface area contributed by atoms with E-state index in [1.165, 1.54) is 0 Å². The fraction of sp³-hybridized carbons (Fsp3) is 0.263. The predicted octanol–water partition coefficient (Wildman–Crippen LogP) is 3.06. The van der Waals surface area contributed by atoms with Gasteiger partial charge in [0, 0.05) is 5.69 Å². The van der Waals surface area contributed by atoms with Gasteiger partial charge in [-0.15, -0.1) is 0 Å². The minimum Gasteiger partial charge on any atom is -0.454 e. The number of hydrogen-bond acceptors (Lipinski definition) is 5. The van der Waals surface area contributed by atoms with Crippen LogP contribution in [0.15, 0.2) is 47.6 Å². The fourth-order valence-corrected chi connectivity index (χ4v) is 2.53. The predicted molar refractivity (Wildman–Crippen MR) is 97.2 cm³/mol. The van der Waals surface area contributed by atoms with Gasteiger partial charge in [-0.3, -0.25) is 4.79 Å². The van der Waals surface area contributed by atoms with Gasteiger partial charge < -0.3 is 14.8 Å². The number of amides is 1. The molecule has 6 heteroatoms. The first-order valence-electron chi connectivity index (χ1n) is 8.21. The zero-order valence-electron chi connectivity index (χ0n) is 14.3. The Morgan fingerprint density at radius 1 is 1.24 bits per heavy atom. The Labute approximate surface area is 146 Å². The van der Waals surface area contributed by atoms with Crippen LogP contribution in [0.2, 0.25) is 0 Å². The molecule has 0 aliphatic carbocycles. The van der Waals surface area contributed by atoms with Crippen LogP contribution in [-0.4, -0.2) is 25.0 Å². The van der Waals surface area contributed by atoms with E-state index in [0.29, 0.717) is 12.2 Å². The molecule has 0 saturated carbocycles. The van der Waals surface area contributed by atoms with Gasteiger partial charge in [-0.25, -0.2) is 5.43 Å². The van der Waals surface area contributed by atoms with Crippen molar-refractivity contribution in [2.75, 3.05) is 12.1 Å². The molecule has 130 valence electrons. The SMILES string of the molecule is CCC(Nc1cccc(C)c1)C(=O)NN=Cc1ccc2c(c1)OCO2. The Hall–Kier alpha value is -3.02. The number of hydrazone groups is 1. The Balaban J connectivity index is 1.58. The highest BCUT2D eigenvalue weighted by Gasteiger charge is 2.16. The van der Waals surface area contributed by atoms with Crippen LogP contribution in [0.5, 0.6) is 11.5 Å². The normalized spacial score (nSPS) is 13.7. The second-order valence-electron chi connectivity index (χ2n) is 5.82. The van der Waals surface area contributed by atoms with Crippen LogP contribution in [0.25, 0.3) is 0 Å². The van der Waals surface area contributed by atoms with E-state index in [4.69, 9.17) is 9.47 Å². The van der Waals surface area contributed by atoms with Gasteiger partial charge in [0.2, 0.25) is 6.79 Å². The maximum absolute atomic E-state index is 12.3. The molecule has 0 saturated heterocycles. The third kappa shape index (κ3) is 4.29. The highest BCUT2D eigenvalue weighted by Crippen LogP contribution is 2.31. The number of benzene rings is 2. The average molecular weight is 339 g/mol. The van der Waals surface area contributed by atoms with Gasteiger partial charge in [-0.2, -0.15) is 5.10 Å². The number of carbonyl (C=O) groups excluding carboxylic acids is 1. The summed E-state index contributed by atoms with van der Waals surface area (Å²) in [7, 11) is 0. The monoisotopic (exact) mass is 339 g/mol. The number of fused-ring (bicyclic) bond motifs is 1. The summed E-state index contributed by atoms with van der Waals surface area (Å²) < 4.78 is 10.6. The van der Waals surface area contributed by atoms with Crippen molar-refractivity contribution >= 4 is 17.8 Å². The summed E-state index contributed by atoms with van der Waals surface area (Å²) >= 11 is 0. The topological polar surface area (TPSA) is 72.0 Å². The number of carbonyl (C=O) groups is 1. The molecule has 1 heterocycles. The maximum atomic E-state index is 12.3. The van der Waals surface area contributed by atoms with E-state index in [9.17, 15) is 4.79 Å². The number of anilines is 1. The number of hydrogen-bond donors (Lipinski definition) is 2. The van der Waals surface area contributed by atoms with Crippen molar-refractivity contribution in [1.82, 2.24) is 5.43 Å². The summed E-state index contributed by atoms with van der Waals surface area (Å²) in [6.07, 6.45) is 2.23. The van der Waals surface area contributed by atoms with E-state index in [1.807, 2.05) is 56.3 Å². The van der Waals surface area contributed by atoms with Gasteiger partial charge >= 0.3 is 0 Å². The second-order valence-corrected chi connectivity index (χ2v) is 5.82. The molecule has 6 nitrogen and oxygen atoms in total. The molecule has 0 bridgehead atoms. The summed E-state index contributed by atoms with van der Waals surface area (Å²) in [5.74, 6) is 1.22. The zero-order valence-corrected chi connectivity index (χ0v) is 14.3. The van der Waals surface area contributed by atoms with Crippen molar-refractivity contribution in [1.29, 1.82) is 0 Å². The largest absolute Gasteiger partial charge is 0.454 e. The van der Waals surface area contributed by atoms with Crippen LogP contribution in [0.1, 0.15) is 24.5 Å².